The van der Waals surface area contributed by atoms with Crippen LogP contribution in [0.4, 0.5) is 0 Å². The summed E-state index contributed by atoms with van der Waals surface area (Å²) in [6.45, 7) is 0. The maximum Gasteiger partial charge on any atom is -0.000778 e. The molecular formula is C26H37P. The van der Waals surface area contributed by atoms with Crippen LogP contribution in [0, 0.1) is 53.3 Å². The van der Waals surface area contributed by atoms with E-state index in [9.17, 15) is 0 Å². The lowest BCUT2D eigenvalue weighted by molar-refractivity contribution is 0.0129. The van der Waals surface area contributed by atoms with Crippen molar-refractivity contribution < 1.29 is 0 Å². The molecular weight excluding hydrogens is 343 g/mol. The molecule has 146 valence electrons. The van der Waals surface area contributed by atoms with Crippen LogP contribution in [0.25, 0.3) is 0 Å². The van der Waals surface area contributed by atoms with E-state index in [2.05, 4.69) is 24.3 Å². The van der Waals surface area contributed by atoms with Crippen LogP contribution in [0.3, 0.4) is 0 Å². The molecule has 0 aromatic rings. The van der Waals surface area contributed by atoms with Gasteiger partial charge in [0.2, 0.25) is 0 Å². The zero-order valence-corrected chi connectivity index (χ0v) is 17.8. The zero-order chi connectivity index (χ0) is 17.5. The minimum Gasteiger partial charge on any atom is -0.0983 e. The second-order valence-corrected chi connectivity index (χ2v) is 14.6. The van der Waals surface area contributed by atoms with E-state index in [0.29, 0.717) is 0 Å². The molecule has 0 radical (unpaired) electrons. The summed E-state index contributed by atoms with van der Waals surface area (Å²) in [5.74, 6) is 9.98. The minimum absolute atomic E-state index is 0.226. The van der Waals surface area contributed by atoms with Crippen molar-refractivity contribution >= 4 is 7.92 Å². The largest absolute Gasteiger partial charge is 0.0983 e. The van der Waals surface area contributed by atoms with Gasteiger partial charge in [-0.2, -0.15) is 0 Å². The van der Waals surface area contributed by atoms with Gasteiger partial charge in [-0.25, -0.2) is 0 Å². The highest BCUT2D eigenvalue weighted by atomic mass is 31.1. The summed E-state index contributed by atoms with van der Waals surface area (Å²) in [5.41, 5.74) is 2.36. The molecule has 0 atom stereocenters. The molecule has 1 heteroatoms. The summed E-state index contributed by atoms with van der Waals surface area (Å²) in [4.78, 5) is 0. The molecule has 8 bridgehead atoms. The Labute approximate surface area is 167 Å². The maximum atomic E-state index is 2.54. The topological polar surface area (TPSA) is 0 Å². The van der Waals surface area contributed by atoms with Crippen LogP contribution in [0.1, 0.15) is 64.2 Å². The van der Waals surface area contributed by atoms with Crippen LogP contribution in [-0.2, 0) is 0 Å². The molecule has 0 saturated heterocycles. The van der Waals surface area contributed by atoms with Crippen LogP contribution in [0.15, 0.2) is 24.3 Å². The first-order valence-corrected chi connectivity index (χ1v) is 14.1. The third kappa shape index (κ3) is 2.64. The monoisotopic (exact) mass is 380 g/mol. The summed E-state index contributed by atoms with van der Waals surface area (Å²) in [7, 11) is 0.226. The lowest BCUT2D eigenvalue weighted by Gasteiger charge is -2.62. The lowest BCUT2D eigenvalue weighted by Crippen LogP contribution is -2.53. The predicted octanol–water partition coefficient (Wildman–Crippen LogP) is 6.86. The summed E-state index contributed by atoms with van der Waals surface area (Å²) in [6, 6.07) is 0. The van der Waals surface area contributed by atoms with E-state index in [1.165, 1.54) is 11.3 Å². The summed E-state index contributed by atoms with van der Waals surface area (Å²) >= 11 is 0. The first-order chi connectivity index (χ1) is 13.3. The first-order valence-electron chi connectivity index (χ1n) is 12.4. The molecule has 0 heterocycles. The van der Waals surface area contributed by atoms with Crippen molar-refractivity contribution in [3.63, 3.8) is 0 Å². The molecule has 0 N–H and O–H groups in total. The quantitative estimate of drug-likeness (QED) is 0.467. The number of hydrogen-bond donors (Lipinski definition) is 0. The molecule has 0 aliphatic heterocycles. The van der Waals surface area contributed by atoms with Gasteiger partial charge >= 0.3 is 0 Å². The second-order valence-electron chi connectivity index (χ2n) is 12.0. The summed E-state index contributed by atoms with van der Waals surface area (Å²) in [5, 5.41) is 0. The van der Waals surface area contributed by atoms with Gasteiger partial charge in [-0.3, -0.25) is 0 Å². The highest BCUT2D eigenvalue weighted by Gasteiger charge is 2.56. The third-order valence-electron chi connectivity index (χ3n) is 10.4. The van der Waals surface area contributed by atoms with Crippen LogP contribution >= 0.6 is 7.92 Å². The molecule has 0 aromatic carbocycles. The number of rotatable bonds is 4. The standard InChI is InChI=1S/C26H37P/c1-2-4-16(3-1)15-27(25-21-7-17-5-18(9-21)10-22(25)8-17)26-23-11-19-6-20(13-23)14-24(26)12-19/h1-4,16-26H,5-15H2. The Morgan fingerprint density at radius 1 is 0.519 bits per heavy atom. The van der Waals surface area contributed by atoms with Crippen LogP contribution < -0.4 is 0 Å². The average molecular weight is 381 g/mol. The predicted molar refractivity (Wildman–Crippen MR) is 115 cm³/mol. The average Bonchev–Trinajstić information content (AvgIpc) is 3.13. The Hall–Kier alpha value is -0.0900. The molecule has 8 saturated carbocycles. The van der Waals surface area contributed by atoms with Gasteiger partial charge in [0.05, 0.1) is 0 Å². The van der Waals surface area contributed by atoms with E-state index < -0.39 is 0 Å². The van der Waals surface area contributed by atoms with Crippen molar-refractivity contribution in [2.45, 2.75) is 75.5 Å². The molecule has 0 amide bonds. The number of allylic oxidation sites excluding steroid dienone is 4. The Kier molecular flexibility index (Phi) is 3.83. The van der Waals surface area contributed by atoms with Crippen molar-refractivity contribution in [2.24, 2.45) is 53.3 Å². The Balaban J connectivity index is 1.23. The third-order valence-corrected chi connectivity index (χ3v) is 14.4. The number of hydrogen-bond acceptors (Lipinski definition) is 0. The van der Waals surface area contributed by atoms with Crippen molar-refractivity contribution in [1.82, 2.24) is 0 Å². The van der Waals surface area contributed by atoms with E-state index >= 15 is 0 Å². The molecule has 9 rings (SSSR count). The molecule has 0 nitrogen and oxygen atoms in total. The van der Waals surface area contributed by atoms with E-state index in [0.717, 1.165) is 53.3 Å². The highest BCUT2D eigenvalue weighted by Crippen LogP contribution is 2.71. The minimum atomic E-state index is 0.226. The van der Waals surface area contributed by atoms with Crippen LogP contribution in [0.2, 0.25) is 0 Å². The first kappa shape index (κ1) is 16.7. The van der Waals surface area contributed by atoms with Crippen molar-refractivity contribution in [3.05, 3.63) is 24.3 Å². The van der Waals surface area contributed by atoms with Crippen molar-refractivity contribution in [2.75, 3.05) is 6.16 Å². The molecule has 0 spiro atoms. The van der Waals surface area contributed by atoms with Crippen LogP contribution in [0.5, 0.6) is 0 Å². The normalized spacial score (nSPS) is 55.7. The fraction of sp³-hybridized carbons (Fsp3) is 0.846. The lowest BCUT2D eigenvalue weighted by atomic mass is 9.55. The van der Waals surface area contributed by atoms with Crippen LogP contribution in [-0.4, -0.2) is 17.5 Å². The second kappa shape index (κ2) is 6.20. The molecule has 8 fully saturated rings. The van der Waals surface area contributed by atoms with E-state index in [4.69, 9.17) is 0 Å². The highest BCUT2D eigenvalue weighted by molar-refractivity contribution is 7.59. The fourth-order valence-electron chi connectivity index (χ4n) is 10.2. The van der Waals surface area contributed by atoms with Crippen molar-refractivity contribution in [1.29, 1.82) is 0 Å². The molecule has 9 aliphatic rings. The van der Waals surface area contributed by atoms with E-state index in [1.54, 1.807) is 70.4 Å². The van der Waals surface area contributed by atoms with Gasteiger partial charge in [0, 0.05) is 0 Å². The zero-order valence-electron chi connectivity index (χ0n) is 16.9. The summed E-state index contributed by atoms with van der Waals surface area (Å²) in [6.07, 6.45) is 27.7. The Morgan fingerprint density at radius 3 is 1.26 bits per heavy atom. The van der Waals surface area contributed by atoms with E-state index in [-0.39, 0.29) is 7.92 Å². The van der Waals surface area contributed by atoms with Gasteiger partial charge in [-0.15, -0.1) is 0 Å². The maximum absolute atomic E-state index is 2.54. The Morgan fingerprint density at radius 2 is 0.889 bits per heavy atom. The molecule has 9 aliphatic carbocycles. The van der Waals surface area contributed by atoms with E-state index in [1.807, 2.05) is 0 Å². The van der Waals surface area contributed by atoms with Gasteiger partial charge in [0.15, 0.2) is 0 Å². The van der Waals surface area contributed by atoms with Gasteiger partial charge in [0.25, 0.3) is 0 Å². The van der Waals surface area contributed by atoms with Gasteiger partial charge in [-0.1, -0.05) is 32.2 Å². The molecule has 0 unspecified atom stereocenters. The Bertz CT molecular complexity index is 549. The molecule has 0 aromatic heterocycles. The van der Waals surface area contributed by atoms with Crippen molar-refractivity contribution in [3.8, 4) is 0 Å². The van der Waals surface area contributed by atoms with Gasteiger partial charge in [0.1, 0.15) is 0 Å². The molecule has 27 heavy (non-hydrogen) atoms. The smallest absolute Gasteiger partial charge is 0.000778 e. The van der Waals surface area contributed by atoms with Gasteiger partial charge < -0.3 is 0 Å². The van der Waals surface area contributed by atoms with Gasteiger partial charge in [-0.05, 0) is 135 Å². The summed E-state index contributed by atoms with van der Waals surface area (Å²) < 4.78 is 0. The SMILES string of the molecule is C1=CC(CP(C2C3CC4CC(C3)CC2C4)C2C3CC4CC(C3)CC2C4)C=C1. The fourth-order valence-corrected chi connectivity index (χ4v) is 14.9.